The van der Waals surface area contributed by atoms with Crippen LogP contribution >= 0.6 is 15.9 Å². The molecule has 0 aliphatic carbocycles. The molecule has 1 aromatic heterocycles. The summed E-state index contributed by atoms with van der Waals surface area (Å²) in [6.07, 6.45) is 0. The van der Waals surface area contributed by atoms with Gasteiger partial charge in [0.15, 0.2) is 0 Å². The van der Waals surface area contributed by atoms with Crippen molar-refractivity contribution in [2.75, 3.05) is 17.2 Å². The third-order valence-corrected chi connectivity index (χ3v) is 5.03. The Hall–Kier alpha value is -2.44. The number of anilines is 2. The Bertz CT molecular complexity index is 885. The topological polar surface area (TPSA) is 70.1 Å². The van der Waals surface area contributed by atoms with E-state index in [1.807, 2.05) is 48.5 Å². The van der Waals surface area contributed by atoms with E-state index in [-0.39, 0.29) is 18.6 Å². The molecule has 5 nitrogen and oxygen atoms in total. The van der Waals surface area contributed by atoms with Gasteiger partial charge in [0, 0.05) is 22.6 Å². The van der Waals surface area contributed by atoms with Crippen LogP contribution in [0.3, 0.4) is 0 Å². The molecular weight excluding hydrogens is 416 g/mol. The molecule has 0 spiro atoms. The number of halogens is 1. The van der Waals surface area contributed by atoms with Crippen LogP contribution in [0.5, 0.6) is 0 Å². The van der Waals surface area contributed by atoms with Crippen LogP contribution in [0.25, 0.3) is 11.3 Å². The fourth-order valence-corrected chi connectivity index (χ4v) is 3.01. The van der Waals surface area contributed by atoms with Crippen molar-refractivity contribution < 1.29 is 5.11 Å². The fraction of sp³-hybridized carbons (Fsp3) is 0.273. The molecule has 0 fully saturated rings. The summed E-state index contributed by atoms with van der Waals surface area (Å²) in [6.45, 7) is 4.80. The number of nitrogens with zero attached hydrogens (tertiary/aromatic N) is 2. The summed E-state index contributed by atoms with van der Waals surface area (Å²) < 4.78 is 1.06. The van der Waals surface area contributed by atoms with Crippen LogP contribution in [-0.4, -0.2) is 27.7 Å². The zero-order valence-electron chi connectivity index (χ0n) is 16.1. The predicted molar refractivity (Wildman–Crippen MR) is 118 cm³/mol. The van der Waals surface area contributed by atoms with Crippen molar-refractivity contribution in [3.63, 3.8) is 0 Å². The molecule has 1 heterocycles. The lowest BCUT2D eigenvalue weighted by molar-refractivity contribution is 0.248. The van der Waals surface area contributed by atoms with Gasteiger partial charge in [0.1, 0.15) is 5.82 Å². The third-order valence-electron chi connectivity index (χ3n) is 4.50. The number of nitrogens with one attached hydrogen (secondary N) is 2. The summed E-state index contributed by atoms with van der Waals surface area (Å²) in [6, 6.07) is 20.0. The highest BCUT2D eigenvalue weighted by Gasteiger charge is 2.15. The highest BCUT2D eigenvalue weighted by molar-refractivity contribution is 9.10. The Morgan fingerprint density at radius 3 is 2.36 bits per heavy atom. The van der Waals surface area contributed by atoms with E-state index in [0.717, 1.165) is 27.1 Å². The molecule has 0 aliphatic heterocycles. The molecule has 0 amide bonds. The van der Waals surface area contributed by atoms with Gasteiger partial charge in [-0.15, -0.1) is 0 Å². The van der Waals surface area contributed by atoms with Crippen molar-refractivity contribution in [1.82, 2.24) is 9.97 Å². The van der Waals surface area contributed by atoms with Crippen molar-refractivity contribution >= 4 is 27.7 Å². The molecule has 3 aromatic rings. The zero-order valence-corrected chi connectivity index (χ0v) is 17.6. The average Bonchev–Trinajstić information content (AvgIpc) is 2.72. The summed E-state index contributed by atoms with van der Waals surface area (Å²) in [5.41, 5.74) is 3.01. The van der Waals surface area contributed by atoms with Crippen LogP contribution in [0, 0.1) is 5.92 Å². The molecular formula is C22H25BrN4O. The maximum Gasteiger partial charge on any atom is 0.225 e. The van der Waals surface area contributed by atoms with E-state index >= 15 is 0 Å². The van der Waals surface area contributed by atoms with E-state index in [9.17, 15) is 5.11 Å². The highest BCUT2D eigenvalue weighted by atomic mass is 79.9. The van der Waals surface area contributed by atoms with E-state index < -0.39 is 0 Å². The number of rotatable bonds is 8. The number of aliphatic hydroxyl groups is 1. The molecule has 3 rings (SSSR count). The van der Waals surface area contributed by atoms with E-state index in [1.54, 1.807) is 0 Å². The van der Waals surface area contributed by atoms with Gasteiger partial charge in [-0.3, -0.25) is 0 Å². The highest BCUT2D eigenvalue weighted by Crippen LogP contribution is 2.23. The number of hydrogen-bond acceptors (Lipinski definition) is 5. The first kappa shape index (κ1) is 20.3. The normalized spacial score (nSPS) is 12.0. The van der Waals surface area contributed by atoms with Crippen molar-refractivity contribution in [3.8, 4) is 11.3 Å². The lowest BCUT2D eigenvalue weighted by atomic mass is 10.1. The van der Waals surface area contributed by atoms with Gasteiger partial charge in [-0.2, -0.15) is 4.98 Å². The summed E-state index contributed by atoms with van der Waals surface area (Å²) in [7, 11) is 0. The van der Waals surface area contributed by atoms with Gasteiger partial charge in [0.05, 0.1) is 18.3 Å². The van der Waals surface area contributed by atoms with E-state index in [2.05, 4.69) is 62.5 Å². The standard InChI is InChI=1S/C22H25BrN4O/c1-15(2)20(14-28)26-22-25-19(17-6-4-3-5-7-17)12-21(27-22)24-13-16-8-10-18(23)11-9-16/h3-12,15,20,28H,13-14H2,1-2H3,(H2,24,25,26,27)/t20-/m1/s1. The van der Waals surface area contributed by atoms with Crippen LogP contribution < -0.4 is 10.6 Å². The monoisotopic (exact) mass is 440 g/mol. The first-order chi connectivity index (χ1) is 13.5. The largest absolute Gasteiger partial charge is 0.394 e. The quantitative estimate of drug-likeness (QED) is 0.462. The van der Waals surface area contributed by atoms with E-state index in [4.69, 9.17) is 0 Å². The Morgan fingerprint density at radius 1 is 1.00 bits per heavy atom. The van der Waals surface area contributed by atoms with Gasteiger partial charge >= 0.3 is 0 Å². The minimum atomic E-state index is -0.106. The minimum absolute atomic E-state index is 0.0260. The lowest BCUT2D eigenvalue weighted by Gasteiger charge is -2.20. The van der Waals surface area contributed by atoms with Crippen molar-refractivity contribution in [2.24, 2.45) is 5.92 Å². The Kier molecular flexibility index (Phi) is 7.01. The average molecular weight is 441 g/mol. The van der Waals surface area contributed by atoms with Crippen LogP contribution in [0.4, 0.5) is 11.8 Å². The molecule has 0 unspecified atom stereocenters. The van der Waals surface area contributed by atoms with E-state index in [0.29, 0.717) is 12.5 Å². The molecule has 6 heteroatoms. The fourth-order valence-electron chi connectivity index (χ4n) is 2.74. The lowest BCUT2D eigenvalue weighted by Crippen LogP contribution is -2.30. The number of hydrogen-bond donors (Lipinski definition) is 3. The SMILES string of the molecule is CC(C)[C@@H](CO)Nc1nc(NCc2ccc(Br)cc2)cc(-c2ccccc2)n1. The van der Waals surface area contributed by atoms with Gasteiger partial charge in [0.25, 0.3) is 0 Å². The number of benzene rings is 2. The van der Waals surface area contributed by atoms with Gasteiger partial charge in [-0.25, -0.2) is 4.98 Å². The van der Waals surface area contributed by atoms with Gasteiger partial charge in [-0.05, 0) is 23.6 Å². The number of aromatic nitrogens is 2. The molecule has 1 atom stereocenters. The predicted octanol–water partition coefficient (Wildman–Crippen LogP) is 4.95. The summed E-state index contributed by atoms with van der Waals surface area (Å²) in [5, 5.41) is 16.3. The molecule has 146 valence electrons. The Balaban J connectivity index is 1.87. The maximum absolute atomic E-state index is 9.65. The summed E-state index contributed by atoms with van der Waals surface area (Å²) >= 11 is 3.46. The smallest absolute Gasteiger partial charge is 0.225 e. The van der Waals surface area contributed by atoms with Crippen LogP contribution in [0.1, 0.15) is 19.4 Å². The first-order valence-corrected chi connectivity index (χ1v) is 10.1. The van der Waals surface area contributed by atoms with Crippen LogP contribution in [0.15, 0.2) is 65.1 Å². The first-order valence-electron chi connectivity index (χ1n) is 9.35. The molecule has 0 saturated carbocycles. The second kappa shape index (κ2) is 9.66. The van der Waals surface area contributed by atoms with Crippen molar-refractivity contribution in [1.29, 1.82) is 0 Å². The Labute approximate surface area is 174 Å². The second-order valence-electron chi connectivity index (χ2n) is 6.99. The third kappa shape index (κ3) is 5.53. The van der Waals surface area contributed by atoms with Crippen LogP contribution in [0.2, 0.25) is 0 Å². The maximum atomic E-state index is 9.65. The molecule has 0 saturated heterocycles. The molecule has 28 heavy (non-hydrogen) atoms. The summed E-state index contributed by atoms with van der Waals surface area (Å²) in [5.74, 6) is 1.50. The summed E-state index contributed by atoms with van der Waals surface area (Å²) in [4.78, 5) is 9.27. The van der Waals surface area contributed by atoms with Crippen LogP contribution in [-0.2, 0) is 6.54 Å². The molecule has 0 radical (unpaired) electrons. The Morgan fingerprint density at radius 2 is 1.71 bits per heavy atom. The van der Waals surface area contributed by atoms with Gasteiger partial charge < -0.3 is 15.7 Å². The second-order valence-corrected chi connectivity index (χ2v) is 7.90. The van der Waals surface area contributed by atoms with Crippen molar-refractivity contribution in [2.45, 2.75) is 26.4 Å². The van der Waals surface area contributed by atoms with Crippen molar-refractivity contribution in [3.05, 3.63) is 70.7 Å². The molecule has 0 bridgehead atoms. The molecule has 3 N–H and O–H groups in total. The zero-order chi connectivity index (χ0) is 19.9. The van der Waals surface area contributed by atoms with Gasteiger partial charge in [0.2, 0.25) is 5.95 Å². The molecule has 2 aromatic carbocycles. The van der Waals surface area contributed by atoms with E-state index in [1.165, 1.54) is 0 Å². The minimum Gasteiger partial charge on any atom is -0.394 e. The van der Waals surface area contributed by atoms with Gasteiger partial charge in [-0.1, -0.05) is 72.2 Å². The number of aliphatic hydroxyl groups excluding tert-OH is 1. The molecule has 0 aliphatic rings.